The van der Waals surface area contributed by atoms with Crippen LogP contribution in [-0.2, 0) is 14.0 Å². The summed E-state index contributed by atoms with van der Waals surface area (Å²) in [5, 5.41) is 7.22. The van der Waals surface area contributed by atoms with Crippen LogP contribution in [0.4, 0.5) is 4.53 Å². The molecule has 1 unspecified atom stereocenters. The maximum Gasteiger partial charge on any atom is 2.00 e. The van der Waals surface area contributed by atoms with Gasteiger partial charge in [-0.25, -0.2) is 9.82 Å². The van der Waals surface area contributed by atoms with Crippen molar-refractivity contribution in [1.29, 1.82) is 0 Å². The van der Waals surface area contributed by atoms with E-state index in [-0.39, 0.29) is 40.6 Å². The summed E-state index contributed by atoms with van der Waals surface area (Å²) in [4.78, 5) is 7.62. The Hall–Kier alpha value is 1.26. The summed E-state index contributed by atoms with van der Waals surface area (Å²) in [6, 6.07) is 0. The zero-order valence-electron chi connectivity index (χ0n) is 5.65. The van der Waals surface area contributed by atoms with Crippen molar-refractivity contribution in [3.63, 3.8) is 0 Å². The minimum Gasteiger partial charge on any atom is -1.00 e. The number of hydrogen-bond donors (Lipinski definition) is 2. The first-order chi connectivity index (χ1) is 3.12. The van der Waals surface area contributed by atoms with Gasteiger partial charge in [0.25, 0.3) is 0 Å². The Morgan fingerprint density at radius 3 is 2.12 bits per heavy atom. The average molecular weight is 174 g/mol. The molecule has 0 aromatic rings. The van der Waals surface area contributed by atoms with Crippen molar-refractivity contribution in [2.45, 2.75) is 0 Å². The first-order valence-corrected chi connectivity index (χ1v) is 2.58. The number of halogens is 1. The van der Waals surface area contributed by atoms with Crippen LogP contribution in [0.25, 0.3) is 0 Å². The normalized spacial score (nSPS) is 16.4. The molecule has 0 saturated heterocycles. The Labute approximate surface area is 76.8 Å². The van der Waals surface area contributed by atoms with Crippen molar-refractivity contribution >= 4 is 45.6 Å². The molecular weight excluding hydrogens is 170 g/mol. The van der Waals surface area contributed by atoms with Gasteiger partial charge in [-0.2, -0.15) is 0 Å². The largest absolute Gasteiger partial charge is 2.00 e. The van der Waals surface area contributed by atoms with E-state index in [4.69, 9.17) is 10.2 Å². The van der Waals surface area contributed by atoms with Gasteiger partial charge in [0.15, 0.2) is 0 Å². The van der Waals surface area contributed by atoms with Gasteiger partial charge in [-0.3, -0.25) is 4.89 Å². The van der Waals surface area contributed by atoms with E-state index in [0.717, 1.165) is 0 Å². The van der Waals surface area contributed by atoms with Gasteiger partial charge in [0.1, 0.15) is 0 Å². The monoisotopic (exact) mass is 174 g/mol. The minimum absolute atomic E-state index is 0. The van der Waals surface area contributed by atoms with Crippen LogP contribution in [0.3, 0.4) is 0 Å². The van der Waals surface area contributed by atoms with E-state index < -0.39 is 7.82 Å². The van der Waals surface area contributed by atoms with Crippen molar-refractivity contribution in [2.24, 2.45) is 0 Å². The predicted octanol–water partition coefficient (Wildman–Crippen LogP) is 0.322. The number of hydrogen-bond acceptors (Lipinski definition) is 4. The fraction of sp³-hybridized carbons (Fsp3) is 0. The van der Waals surface area contributed by atoms with E-state index in [0.29, 0.717) is 0 Å². The van der Waals surface area contributed by atoms with Crippen LogP contribution in [0.2, 0.25) is 0 Å². The van der Waals surface area contributed by atoms with Crippen molar-refractivity contribution < 1.29 is 31.5 Å². The molecule has 2 N–H and O–H groups in total. The second kappa shape index (κ2) is 5.08. The molecule has 0 spiro atoms. The molecule has 0 amide bonds. The van der Waals surface area contributed by atoms with Crippen LogP contribution in [0.5, 0.6) is 0 Å². The van der Waals surface area contributed by atoms with Gasteiger partial charge in [0.2, 0.25) is 0 Å². The molecule has 0 aliphatic heterocycles. The zero-order valence-corrected chi connectivity index (χ0v) is 6.75. The van der Waals surface area contributed by atoms with Crippen LogP contribution in [0.15, 0.2) is 0 Å². The molecule has 0 saturated carbocycles. The average Bonchev–Trinajstić information content (AvgIpc) is 1.68. The molecule has 0 rings (SSSR count). The SMILES string of the molecule is O=P(O)(OO)OF.[Ca+2].[H-].[H-]. The molecule has 0 aromatic carbocycles. The molecule has 5 nitrogen and oxygen atoms in total. The Balaban J connectivity index is -0.0000000600. The second-order valence-electron chi connectivity index (χ2n) is 0.619. The van der Waals surface area contributed by atoms with Crippen LogP contribution in [0, 0.1) is 0 Å². The number of rotatable bonds is 2. The molecule has 0 aliphatic carbocycles. The zero-order chi connectivity index (χ0) is 5.91. The summed E-state index contributed by atoms with van der Waals surface area (Å²) >= 11 is 0. The quantitative estimate of drug-likeness (QED) is 0.273. The van der Waals surface area contributed by atoms with E-state index >= 15 is 0 Å². The summed E-state index contributed by atoms with van der Waals surface area (Å²) in [7, 11) is -4.77. The molecule has 0 heterocycles. The molecule has 8 heteroatoms. The van der Waals surface area contributed by atoms with Crippen LogP contribution in [0.1, 0.15) is 2.85 Å². The van der Waals surface area contributed by atoms with E-state index in [2.05, 4.69) is 9.40 Å². The number of phosphoric acid groups is 1. The van der Waals surface area contributed by atoms with E-state index in [9.17, 15) is 9.09 Å². The Kier molecular flexibility index (Phi) is 7.61. The van der Waals surface area contributed by atoms with Crippen molar-refractivity contribution in [2.75, 3.05) is 0 Å². The van der Waals surface area contributed by atoms with Gasteiger partial charge in [0, 0.05) is 0 Å². The van der Waals surface area contributed by atoms with Crippen LogP contribution in [-0.4, -0.2) is 47.9 Å². The summed E-state index contributed by atoms with van der Waals surface area (Å²) in [5.74, 6) is 0. The molecule has 0 bridgehead atoms. The van der Waals surface area contributed by atoms with E-state index in [1.807, 2.05) is 0 Å². The Morgan fingerprint density at radius 2 is 2.12 bits per heavy atom. The Bertz CT molecular complexity index is 91.6. The van der Waals surface area contributed by atoms with Crippen molar-refractivity contribution in [3.05, 3.63) is 0 Å². The molecule has 0 aliphatic rings. The second-order valence-corrected chi connectivity index (χ2v) is 1.86. The van der Waals surface area contributed by atoms with Gasteiger partial charge in [-0.1, -0.05) is 4.73 Å². The third kappa shape index (κ3) is 5.40. The standard InChI is InChI=1S/Ca.FH2O5P.2H/c;1-5-7(3,4)6-2;;/h;2H,(H,3,4);;/q+2;;2*-1. The molecule has 0 aromatic heterocycles. The molecular formula is H4CaFO5P. The summed E-state index contributed by atoms with van der Waals surface area (Å²) in [5.41, 5.74) is 0. The van der Waals surface area contributed by atoms with E-state index in [1.165, 1.54) is 0 Å². The maximum atomic E-state index is 10.5. The smallest absolute Gasteiger partial charge is 1.00 e. The Morgan fingerprint density at radius 1 is 1.75 bits per heavy atom. The minimum atomic E-state index is -4.77. The van der Waals surface area contributed by atoms with Crippen LogP contribution < -0.4 is 0 Å². The van der Waals surface area contributed by atoms with Crippen molar-refractivity contribution in [1.82, 2.24) is 0 Å². The van der Waals surface area contributed by atoms with E-state index in [1.54, 1.807) is 0 Å². The first-order valence-electron chi connectivity index (χ1n) is 1.08. The van der Waals surface area contributed by atoms with Gasteiger partial charge in [0.05, 0.1) is 0 Å². The van der Waals surface area contributed by atoms with Crippen LogP contribution >= 0.6 is 7.82 Å². The van der Waals surface area contributed by atoms with Crippen molar-refractivity contribution in [3.8, 4) is 0 Å². The van der Waals surface area contributed by atoms with Gasteiger partial charge in [-0.05, 0) is 4.53 Å². The molecule has 0 radical (unpaired) electrons. The van der Waals surface area contributed by atoms with Gasteiger partial charge < -0.3 is 2.85 Å². The third-order valence-corrected chi connectivity index (χ3v) is 0.571. The fourth-order valence-corrected chi connectivity index (χ4v) is 0.0378. The van der Waals surface area contributed by atoms with Gasteiger partial charge in [-0.15, -0.1) is 4.67 Å². The summed E-state index contributed by atoms with van der Waals surface area (Å²) in [6.45, 7) is 0. The predicted molar refractivity (Wildman–Crippen MR) is 23.7 cm³/mol. The molecule has 8 heavy (non-hydrogen) atoms. The summed E-state index contributed by atoms with van der Waals surface area (Å²) < 4.78 is 24.7. The third-order valence-electron chi connectivity index (χ3n) is 0.190. The topological polar surface area (TPSA) is 76.0 Å². The first kappa shape index (κ1) is 12.0. The molecule has 1 atom stereocenters. The molecule has 48 valence electrons. The summed E-state index contributed by atoms with van der Waals surface area (Å²) in [6.07, 6.45) is 0. The molecule has 0 fully saturated rings. The van der Waals surface area contributed by atoms with Gasteiger partial charge >= 0.3 is 45.6 Å². The maximum absolute atomic E-state index is 10.5. The fourth-order valence-electron chi connectivity index (χ4n) is 0.0126.